The van der Waals surface area contributed by atoms with Gasteiger partial charge >= 0.3 is 0 Å². The largest absolute Gasteiger partial charge is 0.492 e. The second-order valence-corrected chi connectivity index (χ2v) is 8.13. The van der Waals surface area contributed by atoms with Gasteiger partial charge in [-0.3, -0.25) is 4.79 Å². The fourth-order valence-electron chi connectivity index (χ4n) is 2.19. The molecular formula is C14H18BrNO4S. The van der Waals surface area contributed by atoms with Crippen molar-refractivity contribution in [2.45, 2.75) is 25.3 Å². The molecule has 1 unspecified atom stereocenters. The van der Waals surface area contributed by atoms with Crippen LogP contribution < -0.4 is 10.1 Å². The summed E-state index contributed by atoms with van der Waals surface area (Å²) in [5, 5.41) is 2.76. The number of benzene rings is 1. The van der Waals surface area contributed by atoms with E-state index in [0.717, 1.165) is 10.2 Å². The molecule has 1 aromatic carbocycles. The molecule has 0 saturated carbocycles. The molecule has 21 heavy (non-hydrogen) atoms. The molecule has 1 aliphatic rings. The Morgan fingerprint density at radius 3 is 2.81 bits per heavy atom. The van der Waals surface area contributed by atoms with Crippen molar-refractivity contribution in [1.82, 2.24) is 5.32 Å². The zero-order chi connectivity index (χ0) is 15.3. The fraction of sp³-hybridized carbons (Fsp3) is 0.500. The van der Waals surface area contributed by atoms with E-state index in [4.69, 9.17) is 4.74 Å². The number of carbonyl (C=O) groups excluding carboxylic acids is 1. The maximum atomic E-state index is 11.7. The van der Waals surface area contributed by atoms with Gasteiger partial charge in [0, 0.05) is 12.5 Å². The van der Waals surface area contributed by atoms with Crippen LogP contribution in [-0.2, 0) is 14.6 Å². The number of hydrogen-bond acceptors (Lipinski definition) is 4. The number of sulfone groups is 1. The van der Waals surface area contributed by atoms with Crippen molar-refractivity contribution in [1.29, 1.82) is 0 Å². The van der Waals surface area contributed by atoms with Crippen molar-refractivity contribution in [2.24, 2.45) is 0 Å². The first kappa shape index (κ1) is 16.3. The van der Waals surface area contributed by atoms with E-state index in [1.165, 1.54) is 0 Å². The first-order valence-corrected chi connectivity index (χ1v) is 9.45. The van der Waals surface area contributed by atoms with Crippen LogP contribution in [0.15, 0.2) is 28.7 Å². The molecule has 1 heterocycles. The van der Waals surface area contributed by atoms with Crippen LogP contribution in [0, 0.1) is 0 Å². The molecule has 0 spiro atoms. The maximum Gasteiger partial charge on any atom is 0.220 e. The maximum absolute atomic E-state index is 11.7. The van der Waals surface area contributed by atoms with E-state index in [9.17, 15) is 13.2 Å². The number of hydrogen-bond donors (Lipinski definition) is 1. The summed E-state index contributed by atoms with van der Waals surface area (Å²) in [6, 6.07) is 7.30. The van der Waals surface area contributed by atoms with Crippen molar-refractivity contribution < 1.29 is 17.9 Å². The zero-order valence-corrected chi connectivity index (χ0v) is 14.0. The molecule has 1 atom stereocenters. The zero-order valence-electron chi connectivity index (χ0n) is 11.5. The lowest BCUT2D eigenvalue weighted by Gasteiger charge is -2.11. The van der Waals surface area contributed by atoms with Gasteiger partial charge in [-0.05, 0) is 40.9 Å². The number of halogens is 1. The highest BCUT2D eigenvalue weighted by Gasteiger charge is 2.28. The Labute approximate surface area is 133 Å². The first-order chi connectivity index (χ1) is 9.96. The van der Waals surface area contributed by atoms with E-state index in [1.54, 1.807) is 0 Å². The van der Waals surface area contributed by atoms with Crippen LogP contribution in [0.4, 0.5) is 0 Å². The Kier molecular flexibility index (Phi) is 5.64. The first-order valence-electron chi connectivity index (χ1n) is 6.83. The average Bonchev–Trinajstić information content (AvgIpc) is 2.76. The summed E-state index contributed by atoms with van der Waals surface area (Å²) < 4.78 is 29.0. The predicted molar refractivity (Wildman–Crippen MR) is 84.1 cm³/mol. The Balaban J connectivity index is 1.65. The topological polar surface area (TPSA) is 72.5 Å². The van der Waals surface area contributed by atoms with E-state index in [1.807, 2.05) is 24.3 Å². The van der Waals surface area contributed by atoms with Gasteiger partial charge in [0.05, 0.1) is 22.6 Å². The van der Waals surface area contributed by atoms with E-state index in [0.29, 0.717) is 25.9 Å². The Morgan fingerprint density at radius 1 is 1.38 bits per heavy atom. The van der Waals surface area contributed by atoms with Crippen LogP contribution in [0.2, 0.25) is 0 Å². The molecule has 0 radical (unpaired) electrons. The second-order valence-electron chi connectivity index (χ2n) is 5.05. The number of nitrogens with one attached hydrogen (secondary N) is 1. The van der Waals surface area contributed by atoms with E-state index in [2.05, 4.69) is 21.2 Å². The quantitative estimate of drug-likeness (QED) is 0.770. The molecule has 0 aliphatic carbocycles. The normalized spacial score (nSPS) is 20.1. The Morgan fingerprint density at radius 2 is 2.14 bits per heavy atom. The molecule has 7 heteroatoms. The molecule has 1 aliphatic heterocycles. The molecule has 1 fully saturated rings. The molecular weight excluding hydrogens is 358 g/mol. The van der Waals surface area contributed by atoms with E-state index >= 15 is 0 Å². The Hall–Kier alpha value is -1.08. The molecule has 1 amide bonds. The molecule has 116 valence electrons. The minimum Gasteiger partial charge on any atom is -0.492 e. The summed E-state index contributed by atoms with van der Waals surface area (Å²) in [5.74, 6) is 0.863. The van der Waals surface area contributed by atoms with Gasteiger partial charge in [0.1, 0.15) is 5.75 Å². The standard InChI is InChI=1S/C14H18BrNO4S/c15-12-4-1-2-5-13(12)20-8-3-6-14(17)16-11-7-9-21(18,19)10-11/h1-2,4-5,11H,3,6-10H2,(H,16,17). The third-order valence-electron chi connectivity index (χ3n) is 3.24. The smallest absolute Gasteiger partial charge is 0.220 e. The number of amides is 1. The lowest BCUT2D eigenvalue weighted by atomic mass is 10.2. The number of ether oxygens (including phenoxy) is 1. The average molecular weight is 376 g/mol. The molecule has 0 aromatic heterocycles. The van der Waals surface area contributed by atoms with Gasteiger partial charge in [0.2, 0.25) is 5.91 Å². The molecule has 5 nitrogen and oxygen atoms in total. The van der Waals surface area contributed by atoms with Crippen molar-refractivity contribution >= 4 is 31.7 Å². The van der Waals surface area contributed by atoms with E-state index in [-0.39, 0.29) is 23.5 Å². The third-order valence-corrected chi connectivity index (χ3v) is 5.66. The van der Waals surface area contributed by atoms with Gasteiger partial charge in [-0.1, -0.05) is 12.1 Å². The monoisotopic (exact) mass is 375 g/mol. The van der Waals surface area contributed by atoms with Gasteiger partial charge in [-0.2, -0.15) is 0 Å². The van der Waals surface area contributed by atoms with E-state index < -0.39 is 9.84 Å². The van der Waals surface area contributed by atoms with Crippen LogP contribution in [0.1, 0.15) is 19.3 Å². The van der Waals surface area contributed by atoms with Crippen molar-refractivity contribution in [2.75, 3.05) is 18.1 Å². The van der Waals surface area contributed by atoms with Crippen molar-refractivity contribution in [3.63, 3.8) is 0 Å². The van der Waals surface area contributed by atoms with Crippen LogP contribution in [-0.4, -0.2) is 38.5 Å². The van der Waals surface area contributed by atoms with Gasteiger partial charge in [-0.15, -0.1) is 0 Å². The second kappa shape index (κ2) is 7.26. The fourth-order valence-corrected chi connectivity index (χ4v) is 4.26. The molecule has 1 N–H and O–H groups in total. The SMILES string of the molecule is O=C(CCCOc1ccccc1Br)NC1CCS(=O)(=O)C1. The Bertz CT molecular complexity index is 603. The third kappa shape index (κ3) is 5.32. The number of carbonyl (C=O) groups is 1. The van der Waals surface area contributed by atoms with Crippen molar-refractivity contribution in [3.8, 4) is 5.75 Å². The summed E-state index contributed by atoms with van der Waals surface area (Å²) in [7, 11) is -2.95. The van der Waals surface area contributed by atoms with Crippen LogP contribution >= 0.6 is 15.9 Å². The van der Waals surface area contributed by atoms with Gasteiger partial charge in [0.25, 0.3) is 0 Å². The predicted octanol–water partition coefficient (Wildman–Crippen LogP) is 1.91. The summed E-state index contributed by atoms with van der Waals surface area (Å²) >= 11 is 3.39. The van der Waals surface area contributed by atoms with Crippen LogP contribution in [0.25, 0.3) is 0 Å². The van der Waals surface area contributed by atoms with Crippen molar-refractivity contribution in [3.05, 3.63) is 28.7 Å². The minimum atomic E-state index is -2.95. The highest BCUT2D eigenvalue weighted by Crippen LogP contribution is 2.23. The molecule has 1 aromatic rings. The van der Waals surface area contributed by atoms with Gasteiger partial charge in [-0.25, -0.2) is 8.42 Å². The minimum absolute atomic E-state index is 0.0617. The molecule has 0 bridgehead atoms. The van der Waals surface area contributed by atoms with Gasteiger partial charge < -0.3 is 10.1 Å². The highest BCUT2D eigenvalue weighted by molar-refractivity contribution is 9.10. The summed E-state index contributed by atoms with van der Waals surface area (Å²) in [6.45, 7) is 0.443. The number of para-hydroxylation sites is 1. The van der Waals surface area contributed by atoms with Crippen LogP contribution in [0.3, 0.4) is 0 Å². The highest BCUT2D eigenvalue weighted by atomic mass is 79.9. The molecule has 1 saturated heterocycles. The number of rotatable bonds is 6. The summed E-state index contributed by atoms with van der Waals surface area (Å²) in [6.07, 6.45) is 1.44. The lowest BCUT2D eigenvalue weighted by Crippen LogP contribution is -2.35. The summed E-state index contributed by atoms with van der Waals surface area (Å²) in [5.41, 5.74) is 0. The van der Waals surface area contributed by atoms with Gasteiger partial charge in [0.15, 0.2) is 9.84 Å². The molecule has 2 rings (SSSR count). The van der Waals surface area contributed by atoms with Crippen LogP contribution in [0.5, 0.6) is 5.75 Å². The summed E-state index contributed by atoms with van der Waals surface area (Å²) in [4.78, 5) is 11.7. The lowest BCUT2D eigenvalue weighted by molar-refractivity contribution is -0.121.